The van der Waals surface area contributed by atoms with Crippen LogP contribution < -0.4 is 5.32 Å². The predicted octanol–water partition coefficient (Wildman–Crippen LogP) is 3.84. The van der Waals surface area contributed by atoms with Crippen molar-refractivity contribution in [3.63, 3.8) is 0 Å². The first-order valence-corrected chi connectivity index (χ1v) is 9.34. The van der Waals surface area contributed by atoms with Gasteiger partial charge < -0.3 is 5.32 Å². The van der Waals surface area contributed by atoms with Crippen molar-refractivity contribution in [2.75, 3.05) is 5.75 Å². The highest BCUT2D eigenvalue weighted by Crippen LogP contribution is 2.35. The lowest BCUT2D eigenvalue weighted by atomic mass is 9.87. The second-order valence-electron chi connectivity index (χ2n) is 5.40. The van der Waals surface area contributed by atoms with Gasteiger partial charge in [0.25, 0.3) is 0 Å². The van der Waals surface area contributed by atoms with Gasteiger partial charge in [0.2, 0.25) is 5.91 Å². The molecule has 4 nitrogen and oxygen atoms in total. The molecule has 0 saturated carbocycles. The van der Waals surface area contributed by atoms with Crippen LogP contribution in [0.2, 0.25) is 0 Å². The number of nitriles is 1. The molecule has 1 aromatic heterocycles. The third-order valence-corrected chi connectivity index (χ3v) is 5.70. The molecule has 0 unspecified atom stereocenters. The number of ketones is 1. The van der Waals surface area contributed by atoms with E-state index in [-0.39, 0.29) is 29.7 Å². The molecule has 126 valence electrons. The number of amides is 1. The number of carbonyl (C=O) groups excluding carboxylic acids is 2. The summed E-state index contributed by atoms with van der Waals surface area (Å²) in [5.74, 6) is -0.944. The fourth-order valence-corrected chi connectivity index (χ4v) is 4.13. The maximum atomic E-state index is 13.3. The third-order valence-electron chi connectivity index (χ3n) is 3.77. The first-order valence-electron chi connectivity index (χ1n) is 7.47. The van der Waals surface area contributed by atoms with Crippen LogP contribution in [-0.2, 0) is 4.79 Å². The fraction of sp³-hybridized carbons (Fsp3) is 0.167. The molecule has 0 radical (unpaired) electrons. The van der Waals surface area contributed by atoms with Gasteiger partial charge in [0.15, 0.2) is 5.78 Å². The molecule has 1 aromatic carbocycles. The summed E-state index contributed by atoms with van der Waals surface area (Å²) in [6, 6.07) is 11.4. The minimum absolute atomic E-state index is 0.0783. The van der Waals surface area contributed by atoms with Crippen LogP contribution in [0.4, 0.5) is 4.39 Å². The second kappa shape index (κ2) is 7.64. The van der Waals surface area contributed by atoms with Crippen molar-refractivity contribution in [3.05, 3.63) is 68.6 Å². The van der Waals surface area contributed by atoms with Crippen molar-refractivity contribution in [1.29, 1.82) is 5.26 Å². The summed E-state index contributed by atoms with van der Waals surface area (Å²) < 4.78 is 13.3. The highest BCUT2D eigenvalue weighted by molar-refractivity contribution is 8.04. The molecule has 0 aliphatic carbocycles. The normalized spacial score (nSPS) is 16.9. The van der Waals surface area contributed by atoms with E-state index in [2.05, 4.69) is 11.4 Å². The van der Waals surface area contributed by atoms with Gasteiger partial charge in [0.1, 0.15) is 5.82 Å². The van der Waals surface area contributed by atoms with E-state index in [1.54, 1.807) is 24.3 Å². The molecule has 7 heteroatoms. The Bertz CT molecular complexity index is 867. The van der Waals surface area contributed by atoms with Gasteiger partial charge in [-0.15, -0.1) is 11.3 Å². The number of nitrogens with zero attached hydrogens (tertiary/aromatic N) is 1. The number of thiophene rings is 1. The van der Waals surface area contributed by atoms with E-state index in [1.165, 1.54) is 35.2 Å². The van der Waals surface area contributed by atoms with Crippen molar-refractivity contribution in [2.24, 2.45) is 0 Å². The van der Waals surface area contributed by atoms with E-state index >= 15 is 0 Å². The summed E-state index contributed by atoms with van der Waals surface area (Å²) in [6.45, 7) is 0. The van der Waals surface area contributed by atoms with Gasteiger partial charge in [0.05, 0.1) is 27.3 Å². The van der Waals surface area contributed by atoms with Gasteiger partial charge in [-0.25, -0.2) is 4.39 Å². The number of nitrogens with one attached hydrogen (secondary N) is 1. The lowest BCUT2D eigenvalue weighted by Gasteiger charge is -2.17. The summed E-state index contributed by atoms with van der Waals surface area (Å²) in [7, 11) is 0. The molecule has 1 atom stereocenters. The Balaban J connectivity index is 1.99. The van der Waals surface area contributed by atoms with Gasteiger partial charge in [-0.1, -0.05) is 30.0 Å². The van der Waals surface area contributed by atoms with Crippen molar-refractivity contribution in [1.82, 2.24) is 5.32 Å². The van der Waals surface area contributed by atoms with Crippen LogP contribution in [-0.4, -0.2) is 17.4 Å². The summed E-state index contributed by atoms with van der Waals surface area (Å²) >= 11 is 2.59. The smallest absolute Gasteiger partial charge is 0.235 e. The number of benzene rings is 1. The van der Waals surface area contributed by atoms with E-state index in [9.17, 15) is 19.2 Å². The summed E-state index contributed by atoms with van der Waals surface area (Å²) in [6.07, 6.45) is 0.0783. The Hall–Kier alpha value is -2.43. The molecule has 1 saturated heterocycles. The summed E-state index contributed by atoms with van der Waals surface area (Å²) in [5, 5.41) is 14.6. The average molecular weight is 372 g/mol. The van der Waals surface area contributed by atoms with Gasteiger partial charge in [-0.2, -0.15) is 5.26 Å². The minimum Gasteiger partial charge on any atom is -0.319 e. The number of thioether (sulfide) groups is 1. The zero-order chi connectivity index (χ0) is 17.8. The van der Waals surface area contributed by atoms with Crippen LogP contribution in [0, 0.1) is 17.1 Å². The lowest BCUT2D eigenvalue weighted by molar-refractivity contribution is -0.117. The molecule has 2 heterocycles. The number of halogens is 1. The van der Waals surface area contributed by atoms with Crippen LogP contribution >= 0.6 is 23.1 Å². The molecule has 2 aromatic rings. The van der Waals surface area contributed by atoms with Crippen LogP contribution in [0.5, 0.6) is 0 Å². The van der Waals surface area contributed by atoms with Crippen LogP contribution in [0.1, 0.15) is 27.6 Å². The molecule has 25 heavy (non-hydrogen) atoms. The number of hydrogen-bond acceptors (Lipinski definition) is 5. The number of rotatable bonds is 5. The Morgan fingerprint density at radius 2 is 2.08 bits per heavy atom. The minimum atomic E-state index is -0.541. The van der Waals surface area contributed by atoms with E-state index in [0.29, 0.717) is 21.0 Å². The lowest BCUT2D eigenvalue weighted by Crippen LogP contribution is -2.18. The van der Waals surface area contributed by atoms with Crippen LogP contribution in [0.15, 0.2) is 52.4 Å². The molecular weight excluding hydrogens is 359 g/mol. The molecule has 0 bridgehead atoms. The van der Waals surface area contributed by atoms with Gasteiger partial charge in [0, 0.05) is 12.3 Å². The third kappa shape index (κ3) is 3.98. The zero-order valence-electron chi connectivity index (χ0n) is 13.0. The topological polar surface area (TPSA) is 70.0 Å². The first-order chi connectivity index (χ1) is 12.1. The van der Waals surface area contributed by atoms with E-state index < -0.39 is 5.92 Å². The Kier molecular flexibility index (Phi) is 5.31. The zero-order valence-corrected chi connectivity index (χ0v) is 14.6. The number of allylic oxidation sites excluding steroid dienone is 1. The first kappa shape index (κ1) is 17.4. The number of Topliss-reactive ketones (excluding diaryl/α,β-unsaturated/α-hetero) is 1. The largest absolute Gasteiger partial charge is 0.319 e. The van der Waals surface area contributed by atoms with E-state index in [0.717, 1.165) is 0 Å². The van der Waals surface area contributed by atoms with E-state index in [1.807, 2.05) is 5.38 Å². The molecule has 1 N–H and O–H groups in total. The molecule has 1 aliphatic heterocycles. The quantitative estimate of drug-likeness (QED) is 0.639. The standard InChI is InChI=1S/C18H13FN2O2S2/c19-12-5-3-11(4-6-12)13(8-15(22)16-2-1-7-24-16)14(9-20)18-21-17(23)10-25-18/h1-7,13H,8,10H2,(H,21,23)/b18-14-/t13-/m1/s1. The van der Waals surface area contributed by atoms with Crippen LogP contribution in [0.3, 0.4) is 0 Å². The highest BCUT2D eigenvalue weighted by atomic mass is 32.2. The molecule has 1 aliphatic rings. The van der Waals surface area contributed by atoms with Crippen molar-refractivity contribution in [2.45, 2.75) is 12.3 Å². The summed E-state index contributed by atoms with van der Waals surface area (Å²) in [5.41, 5.74) is 0.990. The Labute approximate surface area is 152 Å². The van der Waals surface area contributed by atoms with Gasteiger partial charge in [-0.05, 0) is 29.1 Å². The monoisotopic (exact) mass is 372 g/mol. The van der Waals surface area contributed by atoms with Crippen molar-refractivity contribution in [3.8, 4) is 6.07 Å². The van der Waals surface area contributed by atoms with Crippen molar-refractivity contribution < 1.29 is 14.0 Å². The summed E-state index contributed by atoms with van der Waals surface area (Å²) in [4.78, 5) is 24.7. The Morgan fingerprint density at radius 3 is 2.64 bits per heavy atom. The molecule has 1 fully saturated rings. The maximum Gasteiger partial charge on any atom is 0.235 e. The van der Waals surface area contributed by atoms with Crippen molar-refractivity contribution >= 4 is 34.8 Å². The Morgan fingerprint density at radius 1 is 1.32 bits per heavy atom. The van der Waals surface area contributed by atoms with Gasteiger partial charge in [-0.3, -0.25) is 9.59 Å². The molecule has 3 rings (SSSR count). The SMILES string of the molecule is N#C/C(=C1\NC(=O)CS1)[C@H](CC(=O)c1cccs1)c1ccc(F)cc1. The fourth-order valence-electron chi connectivity index (χ4n) is 2.57. The molecule has 1 amide bonds. The van der Waals surface area contributed by atoms with E-state index in [4.69, 9.17) is 0 Å². The second-order valence-corrected chi connectivity index (χ2v) is 7.33. The average Bonchev–Trinajstić information content (AvgIpc) is 3.27. The number of carbonyl (C=O) groups is 2. The maximum absolute atomic E-state index is 13.3. The predicted molar refractivity (Wildman–Crippen MR) is 95.6 cm³/mol. The molecular formula is C18H13FN2O2S2. The van der Waals surface area contributed by atoms with Gasteiger partial charge >= 0.3 is 0 Å². The van der Waals surface area contributed by atoms with Crippen LogP contribution in [0.25, 0.3) is 0 Å². The number of hydrogen-bond donors (Lipinski definition) is 1. The highest BCUT2D eigenvalue weighted by Gasteiger charge is 2.28. The molecule has 0 spiro atoms.